The molecule has 0 saturated carbocycles. The van der Waals surface area contributed by atoms with Gasteiger partial charge in [-0.15, -0.1) is 0 Å². The number of hydrogen-bond acceptors (Lipinski definition) is 5. The molecule has 0 N–H and O–H groups in total. The van der Waals surface area contributed by atoms with Crippen LogP contribution in [0, 0.1) is 5.92 Å². The molecule has 1 amide bonds. The second kappa shape index (κ2) is 8.39. The highest BCUT2D eigenvalue weighted by Gasteiger charge is 2.26. The van der Waals surface area contributed by atoms with Crippen LogP contribution in [0.1, 0.15) is 23.2 Å². The number of ether oxygens (including phenoxy) is 1. The molecule has 1 atom stereocenters. The van der Waals surface area contributed by atoms with Crippen LogP contribution in [0.3, 0.4) is 0 Å². The first-order chi connectivity index (χ1) is 13.7. The summed E-state index contributed by atoms with van der Waals surface area (Å²) in [7, 11) is 0. The van der Waals surface area contributed by atoms with E-state index >= 15 is 0 Å². The van der Waals surface area contributed by atoms with Gasteiger partial charge in [-0.3, -0.25) is 4.79 Å². The molecule has 0 bridgehead atoms. The van der Waals surface area contributed by atoms with Gasteiger partial charge in [0.2, 0.25) is 0 Å². The Morgan fingerprint density at radius 1 is 1.18 bits per heavy atom. The molecule has 3 aromatic rings. The highest BCUT2D eigenvalue weighted by Crippen LogP contribution is 2.23. The van der Waals surface area contributed by atoms with Gasteiger partial charge in [0, 0.05) is 31.3 Å². The van der Waals surface area contributed by atoms with Crippen LogP contribution < -0.4 is 4.74 Å². The van der Waals surface area contributed by atoms with Crippen LogP contribution in [0.15, 0.2) is 55.0 Å². The molecule has 0 aliphatic carbocycles. The number of carbonyl (C=O) groups excluding carboxylic acids is 1. The molecule has 1 aliphatic heterocycles. The Labute approximate surface area is 167 Å². The van der Waals surface area contributed by atoms with Crippen LogP contribution in [-0.2, 0) is 0 Å². The lowest BCUT2D eigenvalue weighted by molar-refractivity contribution is 0.0633. The highest BCUT2D eigenvalue weighted by atomic mass is 35.5. The molecule has 144 valence electrons. The molecule has 4 rings (SSSR count). The number of para-hydroxylation sites is 1. The van der Waals surface area contributed by atoms with Crippen LogP contribution >= 0.6 is 11.6 Å². The van der Waals surface area contributed by atoms with Crippen LogP contribution in [0.4, 0.5) is 0 Å². The quantitative estimate of drug-likeness (QED) is 0.618. The van der Waals surface area contributed by atoms with Gasteiger partial charge in [-0.1, -0.05) is 23.7 Å². The van der Waals surface area contributed by atoms with E-state index in [-0.39, 0.29) is 11.8 Å². The second-order valence-electron chi connectivity index (χ2n) is 6.72. The number of likely N-dealkylation sites (tertiary alicyclic amines) is 1. The Hall–Kier alpha value is -2.93. The Kier molecular flexibility index (Phi) is 5.53. The summed E-state index contributed by atoms with van der Waals surface area (Å²) in [5.41, 5.74) is 1.28. The highest BCUT2D eigenvalue weighted by molar-refractivity contribution is 6.29. The molecule has 0 radical (unpaired) electrons. The molecule has 3 heterocycles. The topological polar surface area (TPSA) is 73.1 Å². The molecule has 2 aromatic heterocycles. The standard InChI is InChI=1S/C20H20ClN5O2/c21-19-12-16(7-8-22-19)28-14-15-4-3-11-25(13-15)20(27)17-5-1-2-6-18(17)26-23-9-10-24-26/h1-2,5-10,12,15H,3-4,11,13-14H2. The van der Waals surface area contributed by atoms with Crippen LogP contribution in [-0.4, -0.2) is 50.5 Å². The molecule has 1 unspecified atom stereocenters. The Balaban J connectivity index is 1.44. The van der Waals surface area contributed by atoms with Gasteiger partial charge in [0.25, 0.3) is 5.91 Å². The number of carbonyl (C=O) groups is 1. The van der Waals surface area contributed by atoms with E-state index in [0.717, 1.165) is 19.4 Å². The normalized spacial score (nSPS) is 16.8. The number of pyridine rings is 1. The Morgan fingerprint density at radius 2 is 2.00 bits per heavy atom. The maximum Gasteiger partial charge on any atom is 0.256 e. The van der Waals surface area contributed by atoms with E-state index in [2.05, 4.69) is 15.2 Å². The van der Waals surface area contributed by atoms with Gasteiger partial charge in [0.1, 0.15) is 10.9 Å². The lowest BCUT2D eigenvalue weighted by Gasteiger charge is -2.33. The van der Waals surface area contributed by atoms with Crippen LogP contribution in [0.5, 0.6) is 5.75 Å². The summed E-state index contributed by atoms with van der Waals surface area (Å²) in [5, 5.41) is 8.72. The molecular weight excluding hydrogens is 378 g/mol. The van der Waals surface area contributed by atoms with Crippen molar-refractivity contribution in [2.24, 2.45) is 5.92 Å². The molecule has 1 aromatic carbocycles. The van der Waals surface area contributed by atoms with Crippen molar-refractivity contribution in [1.82, 2.24) is 24.9 Å². The number of amides is 1. The molecule has 1 saturated heterocycles. The summed E-state index contributed by atoms with van der Waals surface area (Å²) in [6, 6.07) is 10.9. The lowest BCUT2D eigenvalue weighted by Crippen LogP contribution is -2.42. The van der Waals surface area contributed by atoms with Crippen LogP contribution in [0.2, 0.25) is 5.15 Å². The van der Waals surface area contributed by atoms with E-state index < -0.39 is 0 Å². The predicted molar refractivity (Wildman–Crippen MR) is 105 cm³/mol. The summed E-state index contributed by atoms with van der Waals surface area (Å²) in [4.78, 5) is 20.5. The molecule has 0 spiro atoms. The first kappa shape index (κ1) is 18.4. The molecule has 1 aliphatic rings. The SMILES string of the molecule is O=C(c1ccccc1-n1nccn1)N1CCCC(COc2ccnc(Cl)c2)C1. The van der Waals surface area contributed by atoms with Gasteiger partial charge in [0.15, 0.2) is 0 Å². The third-order valence-electron chi connectivity index (χ3n) is 4.76. The second-order valence-corrected chi connectivity index (χ2v) is 7.11. The van der Waals surface area contributed by atoms with E-state index in [0.29, 0.717) is 35.3 Å². The van der Waals surface area contributed by atoms with Crippen LogP contribution in [0.25, 0.3) is 5.69 Å². The number of aromatic nitrogens is 4. The van der Waals surface area contributed by atoms with Crippen molar-refractivity contribution >= 4 is 17.5 Å². The molecule has 28 heavy (non-hydrogen) atoms. The number of rotatable bonds is 5. The zero-order valence-electron chi connectivity index (χ0n) is 15.2. The van der Waals surface area contributed by atoms with E-state index in [1.165, 1.54) is 4.80 Å². The zero-order valence-corrected chi connectivity index (χ0v) is 16.0. The van der Waals surface area contributed by atoms with Crippen molar-refractivity contribution in [3.05, 3.63) is 65.7 Å². The Bertz CT molecular complexity index is 947. The van der Waals surface area contributed by atoms with Crippen molar-refractivity contribution in [3.63, 3.8) is 0 Å². The molecule has 1 fully saturated rings. The van der Waals surface area contributed by atoms with Crippen molar-refractivity contribution in [2.75, 3.05) is 19.7 Å². The lowest BCUT2D eigenvalue weighted by atomic mass is 9.98. The van der Waals surface area contributed by atoms with E-state index in [1.54, 1.807) is 30.7 Å². The average molecular weight is 398 g/mol. The maximum atomic E-state index is 13.2. The first-order valence-corrected chi connectivity index (χ1v) is 9.58. The van der Waals surface area contributed by atoms with E-state index in [4.69, 9.17) is 16.3 Å². The molecule has 7 nitrogen and oxygen atoms in total. The molecule has 8 heteroatoms. The van der Waals surface area contributed by atoms with Crippen molar-refractivity contribution in [1.29, 1.82) is 0 Å². The minimum atomic E-state index is -0.00967. The number of benzene rings is 1. The van der Waals surface area contributed by atoms with Gasteiger partial charge in [-0.25, -0.2) is 4.98 Å². The smallest absolute Gasteiger partial charge is 0.256 e. The fourth-order valence-electron chi connectivity index (χ4n) is 3.41. The van der Waals surface area contributed by atoms with Gasteiger partial charge < -0.3 is 9.64 Å². The third-order valence-corrected chi connectivity index (χ3v) is 4.97. The zero-order chi connectivity index (χ0) is 19.3. The van der Waals surface area contributed by atoms with Gasteiger partial charge in [0.05, 0.1) is 30.3 Å². The maximum absolute atomic E-state index is 13.2. The van der Waals surface area contributed by atoms with Crippen molar-refractivity contribution < 1.29 is 9.53 Å². The van der Waals surface area contributed by atoms with Crippen molar-refractivity contribution in [3.8, 4) is 11.4 Å². The number of halogens is 1. The summed E-state index contributed by atoms with van der Waals surface area (Å²) < 4.78 is 5.86. The summed E-state index contributed by atoms with van der Waals surface area (Å²) in [6.45, 7) is 1.92. The summed E-state index contributed by atoms with van der Waals surface area (Å²) in [5.74, 6) is 0.947. The Morgan fingerprint density at radius 3 is 2.82 bits per heavy atom. The molecular formula is C20H20ClN5O2. The predicted octanol–water partition coefficient (Wildman–Crippen LogP) is 3.25. The average Bonchev–Trinajstić information content (AvgIpc) is 3.27. The minimum Gasteiger partial charge on any atom is -0.493 e. The largest absolute Gasteiger partial charge is 0.493 e. The van der Waals surface area contributed by atoms with Gasteiger partial charge in [-0.2, -0.15) is 15.0 Å². The van der Waals surface area contributed by atoms with Crippen molar-refractivity contribution in [2.45, 2.75) is 12.8 Å². The van der Waals surface area contributed by atoms with E-state index in [1.807, 2.05) is 29.2 Å². The minimum absolute atomic E-state index is 0.00967. The summed E-state index contributed by atoms with van der Waals surface area (Å²) in [6.07, 6.45) is 6.78. The number of nitrogens with zero attached hydrogens (tertiary/aromatic N) is 5. The number of hydrogen-bond donors (Lipinski definition) is 0. The van der Waals surface area contributed by atoms with Gasteiger partial charge >= 0.3 is 0 Å². The van der Waals surface area contributed by atoms with Gasteiger partial charge in [-0.05, 0) is 31.0 Å². The summed E-state index contributed by atoms with van der Waals surface area (Å²) >= 11 is 5.90. The number of piperidine rings is 1. The first-order valence-electron chi connectivity index (χ1n) is 9.20. The fourth-order valence-corrected chi connectivity index (χ4v) is 3.58. The van der Waals surface area contributed by atoms with E-state index in [9.17, 15) is 4.79 Å². The monoisotopic (exact) mass is 397 g/mol. The third kappa shape index (κ3) is 4.14. The fraction of sp³-hybridized carbons (Fsp3) is 0.300.